The largest absolute Gasteiger partial charge is 0.340 e. The quantitative estimate of drug-likeness (QED) is 0.244. The van der Waals surface area contributed by atoms with Gasteiger partial charge in [-0.3, -0.25) is 14.3 Å². The lowest BCUT2D eigenvalue weighted by Gasteiger charge is -2.21. The van der Waals surface area contributed by atoms with Crippen molar-refractivity contribution >= 4 is 40.2 Å². The van der Waals surface area contributed by atoms with Crippen molar-refractivity contribution < 1.29 is 9.59 Å². The minimum atomic E-state index is -0.828. The topological polar surface area (TPSA) is 94.0 Å². The summed E-state index contributed by atoms with van der Waals surface area (Å²) in [6.45, 7) is 6.32. The molecule has 0 spiro atoms. The molecule has 4 aromatic carbocycles. The molecule has 0 aliphatic heterocycles. The lowest BCUT2D eigenvalue weighted by atomic mass is 10.0. The molecule has 0 fully saturated rings. The zero-order valence-electron chi connectivity index (χ0n) is 21.6. The first kappa shape index (κ1) is 26.9. The van der Waals surface area contributed by atoms with Gasteiger partial charge in [0.15, 0.2) is 0 Å². The van der Waals surface area contributed by atoms with Gasteiger partial charge < -0.3 is 10.6 Å². The van der Waals surface area contributed by atoms with Crippen LogP contribution in [0.3, 0.4) is 0 Å². The molecule has 4 rings (SSSR count). The highest BCUT2D eigenvalue weighted by atomic mass is 32.2. The number of carbonyl (C=O) groups is 2. The number of nitrogens with zero attached hydrogens (tertiary/aromatic N) is 1. The highest BCUT2D eigenvalue weighted by molar-refractivity contribution is 7.97. The summed E-state index contributed by atoms with van der Waals surface area (Å²) in [5.74, 6) is -0.652. The van der Waals surface area contributed by atoms with Crippen molar-refractivity contribution in [3.8, 4) is 6.07 Å². The first-order chi connectivity index (χ1) is 18.2. The van der Waals surface area contributed by atoms with E-state index in [4.69, 9.17) is 5.26 Å². The molecular weight excluding hydrogens is 492 g/mol. The Hall–Kier alpha value is -4.12. The van der Waals surface area contributed by atoms with Crippen LogP contribution in [0.4, 0.5) is 5.69 Å². The van der Waals surface area contributed by atoms with Gasteiger partial charge in [0.05, 0.1) is 11.6 Å². The second-order valence-electron chi connectivity index (χ2n) is 10.0. The van der Waals surface area contributed by atoms with E-state index in [1.165, 1.54) is 0 Å². The van der Waals surface area contributed by atoms with Gasteiger partial charge >= 0.3 is 0 Å². The Morgan fingerprint density at radius 2 is 1.55 bits per heavy atom. The predicted octanol–water partition coefficient (Wildman–Crippen LogP) is 6.09. The summed E-state index contributed by atoms with van der Waals surface area (Å²) in [5, 5.41) is 17.0. The van der Waals surface area contributed by atoms with Gasteiger partial charge in [-0.25, -0.2) is 0 Å². The summed E-state index contributed by atoms with van der Waals surface area (Å²) in [6.07, 6.45) is 0.275. The Bertz CT molecular complexity index is 1470. The summed E-state index contributed by atoms with van der Waals surface area (Å²) < 4.78 is 3.44. The van der Waals surface area contributed by atoms with Gasteiger partial charge in [-0.1, -0.05) is 54.6 Å². The molecular formula is C31H30N4O2S. The Kier molecular flexibility index (Phi) is 8.47. The zero-order valence-corrected chi connectivity index (χ0v) is 22.4. The molecule has 1 atom stereocenters. The number of nitriles is 1. The number of benzene rings is 4. The molecule has 0 aromatic heterocycles. The number of fused-ring (bicyclic) bond motifs is 1. The Balaban J connectivity index is 1.60. The second-order valence-corrected chi connectivity index (χ2v) is 10.9. The highest BCUT2D eigenvalue weighted by Crippen LogP contribution is 2.32. The maximum atomic E-state index is 13.6. The van der Waals surface area contributed by atoms with Crippen LogP contribution in [-0.2, 0) is 11.2 Å². The second kappa shape index (κ2) is 12.0. The fourth-order valence-corrected chi connectivity index (χ4v) is 4.75. The normalized spacial score (nSPS) is 11.9. The fraction of sp³-hybridized carbons (Fsp3) is 0.194. The van der Waals surface area contributed by atoms with Crippen LogP contribution in [0.1, 0.15) is 42.3 Å². The van der Waals surface area contributed by atoms with Gasteiger partial charge in [-0.15, -0.1) is 0 Å². The van der Waals surface area contributed by atoms with Gasteiger partial charge in [0.25, 0.3) is 5.91 Å². The molecule has 6 nitrogen and oxygen atoms in total. The third-order valence-corrected chi connectivity index (χ3v) is 7.08. The van der Waals surface area contributed by atoms with E-state index in [0.717, 1.165) is 21.2 Å². The number of amides is 2. The molecule has 38 heavy (non-hydrogen) atoms. The van der Waals surface area contributed by atoms with Crippen LogP contribution < -0.4 is 15.4 Å². The molecule has 0 heterocycles. The monoisotopic (exact) mass is 522 g/mol. The van der Waals surface area contributed by atoms with Crippen molar-refractivity contribution in [1.82, 2.24) is 10.0 Å². The van der Waals surface area contributed by atoms with Gasteiger partial charge in [-0.05, 0) is 80.1 Å². The first-order valence-electron chi connectivity index (χ1n) is 12.3. The predicted molar refractivity (Wildman–Crippen MR) is 154 cm³/mol. The van der Waals surface area contributed by atoms with Gasteiger partial charge in [0.1, 0.15) is 6.04 Å². The average Bonchev–Trinajstić information content (AvgIpc) is 2.92. The number of anilines is 1. The van der Waals surface area contributed by atoms with E-state index in [0.29, 0.717) is 16.8 Å². The van der Waals surface area contributed by atoms with E-state index in [1.807, 2.05) is 42.5 Å². The minimum absolute atomic E-state index is 0.0612. The maximum absolute atomic E-state index is 13.6. The molecule has 0 aliphatic rings. The molecule has 0 saturated heterocycles. The van der Waals surface area contributed by atoms with Crippen LogP contribution in [0.25, 0.3) is 10.8 Å². The van der Waals surface area contributed by atoms with E-state index in [-0.39, 0.29) is 23.8 Å². The Morgan fingerprint density at radius 3 is 2.24 bits per heavy atom. The first-order valence-corrected chi connectivity index (χ1v) is 13.2. The lowest BCUT2D eigenvalue weighted by Crippen LogP contribution is -2.45. The Labute approximate surface area is 227 Å². The van der Waals surface area contributed by atoms with Crippen molar-refractivity contribution in [1.29, 1.82) is 5.26 Å². The molecule has 192 valence electrons. The summed E-state index contributed by atoms with van der Waals surface area (Å²) in [7, 11) is 0. The summed E-state index contributed by atoms with van der Waals surface area (Å²) >= 11 is 1.56. The molecule has 0 radical (unpaired) electrons. The molecule has 0 bridgehead atoms. The van der Waals surface area contributed by atoms with Gasteiger partial charge in [-0.2, -0.15) is 5.26 Å². The molecule has 4 aromatic rings. The third-order valence-electron chi connectivity index (χ3n) is 5.79. The standard InChI is InChI=1S/C31H30N4O2S/c1-31(2,3)35-38-28-14-8-11-24-25(28)12-7-13-26(24)33-30(37)27(19-21-15-17-22(20-32)18-16-21)34-29(36)23-9-5-4-6-10-23/h4-18,27,35H,19H2,1-3H3,(H,33,37)(H,34,36)/t27-/m0/s1. The number of hydrogen-bond donors (Lipinski definition) is 3. The number of nitrogens with one attached hydrogen (secondary N) is 3. The smallest absolute Gasteiger partial charge is 0.251 e. The number of hydrogen-bond acceptors (Lipinski definition) is 5. The van der Waals surface area contributed by atoms with Crippen molar-refractivity contribution in [3.63, 3.8) is 0 Å². The average molecular weight is 523 g/mol. The third kappa shape index (κ3) is 7.00. The molecule has 0 aliphatic carbocycles. The SMILES string of the molecule is CC(C)(C)NSc1cccc2c(NC(=O)[C@H](Cc3ccc(C#N)cc3)NC(=O)c3ccccc3)cccc12. The van der Waals surface area contributed by atoms with E-state index < -0.39 is 6.04 Å². The molecule has 0 unspecified atom stereocenters. The van der Waals surface area contributed by atoms with Crippen LogP contribution in [0, 0.1) is 11.3 Å². The summed E-state index contributed by atoms with van der Waals surface area (Å²) in [6, 6.07) is 28.9. The lowest BCUT2D eigenvalue weighted by molar-refractivity contribution is -0.118. The molecule has 3 N–H and O–H groups in total. The van der Waals surface area contributed by atoms with E-state index in [9.17, 15) is 9.59 Å². The highest BCUT2D eigenvalue weighted by Gasteiger charge is 2.23. The van der Waals surface area contributed by atoms with Crippen molar-refractivity contribution in [2.45, 2.75) is 43.7 Å². The van der Waals surface area contributed by atoms with Crippen LogP contribution in [0.15, 0.2) is 95.9 Å². The van der Waals surface area contributed by atoms with Crippen molar-refractivity contribution in [3.05, 3.63) is 108 Å². The number of carbonyl (C=O) groups excluding carboxylic acids is 2. The molecule has 2 amide bonds. The summed E-state index contributed by atoms with van der Waals surface area (Å²) in [5.41, 5.74) is 2.46. The fourth-order valence-electron chi connectivity index (χ4n) is 3.90. The van der Waals surface area contributed by atoms with E-state index >= 15 is 0 Å². The Morgan fingerprint density at radius 1 is 0.868 bits per heavy atom. The minimum Gasteiger partial charge on any atom is -0.340 e. The van der Waals surface area contributed by atoms with Crippen LogP contribution in [-0.4, -0.2) is 23.4 Å². The maximum Gasteiger partial charge on any atom is 0.251 e. The van der Waals surface area contributed by atoms with Crippen molar-refractivity contribution in [2.75, 3.05) is 5.32 Å². The molecule has 7 heteroatoms. The van der Waals surface area contributed by atoms with Crippen LogP contribution in [0.2, 0.25) is 0 Å². The van der Waals surface area contributed by atoms with Gasteiger partial charge in [0, 0.05) is 33.5 Å². The van der Waals surface area contributed by atoms with Crippen LogP contribution >= 0.6 is 11.9 Å². The van der Waals surface area contributed by atoms with E-state index in [1.54, 1.807) is 60.5 Å². The van der Waals surface area contributed by atoms with Gasteiger partial charge in [0.2, 0.25) is 5.91 Å². The zero-order chi connectivity index (χ0) is 27.1. The molecule has 0 saturated carbocycles. The van der Waals surface area contributed by atoms with Crippen LogP contribution in [0.5, 0.6) is 0 Å². The van der Waals surface area contributed by atoms with E-state index in [2.05, 4.69) is 42.2 Å². The summed E-state index contributed by atoms with van der Waals surface area (Å²) in [4.78, 5) is 27.6. The number of rotatable bonds is 8. The van der Waals surface area contributed by atoms with Crippen molar-refractivity contribution in [2.24, 2.45) is 0 Å².